The molecule has 0 saturated heterocycles. The van der Waals surface area contributed by atoms with E-state index < -0.39 is 6.36 Å². The number of hydrogen-bond acceptors (Lipinski definition) is 5. The number of rotatable bonds is 4. The summed E-state index contributed by atoms with van der Waals surface area (Å²) in [6, 6.07) is 14.4. The Morgan fingerprint density at radius 2 is 1.71 bits per heavy atom. The molecule has 0 aliphatic rings. The fraction of sp³-hybridized carbons (Fsp3) is 0.111. The minimum Gasteiger partial charge on any atom is -0.406 e. The van der Waals surface area contributed by atoms with E-state index in [0.717, 1.165) is 17.7 Å². The van der Waals surface area contributed by atoms with Crippen LogP contribution in [-0.2, 0) is 6.54 Å². The van der Waals surface area contributed by atoms with Crippen molar-refractivity contribution in [2.45, 2.75) is 12.9 Å². The van der Waals surface area contributed by atoms with Crippen molar-refractivity contribution >= 4 is 11.2 Å². The lowest BCUT2D eigenvalue weighted by Gasteiger charge is -2.09. The monoisotopic (exact) mass is 387 g/mol. The molecule has 142 valence electrons. The summed E-state index contributed by atoms with van der Waals surface area (Å²) in [7, 11) is 0. The first kappa shape index (κ1) is 17.7. The molecule has 0 unspecified atom stereocenters. The highest BCUT2D eigenvalue weighted by molar-refractivity contribution is 5.70. The van der Waals surface area contributed by atoms with E-state index >= 15 is 0 Å². The van der Waals surface area contributed by atoms with Gasteiger partial charge in [0.25, 0.3) is 5.56 Å². The minimum absolute atomic E-state index is 0.0639. The maximum absolute atomic E-state index is 12.7. The van der Waals surface area contributed by atoms with Crippen LogP contribution in [0, 0.1) is 0 Å². The van der Waals surface area contributed by atoms with E-state index in [1.54, 1.807) is 0 Å². The average Bonchev–Trinajstić information content (AvgIpc) is 3.09. The van der Waals surface area contributed by atoms with Gasteiger partial charge in [0, 0.05) is 0 Å². The van der Waals surface area contributed by atoms with E-state index in [0.29, 0.717) is 12.2 Å². The number of nitrogens with zero attached hydrogens (tertiary/aromatic N) is 5. The van der Waals surface area contributed by atoms with Crippen LogP contribution in [0.2, 0.25) is 0 Å². The van der Waals surface area contributed by atoms with Gasteiger partial charge in [-0.05, 0) is 29.8 Å². The van der Waals surface area contributed by atoms with Gasteiger partial charge in [-0.3, -0.25) is 9.36 Å². The summed E-state index contributed by atoms with van der Waals surface area (Å²) in [5, 5.41) is 7.79. The van der Waals surface area contributed by atoms with Gasteiger partial charge in [0.2, 0.25) is 0 Å². The fourth-order valence-corrected chi connectivity index (χ4v) is 2.70. The summed E-state index contributed by atoms with van der Waals surface area (Å²) in [4.78, 5) is 16.9. The second kappa shape index (κ2) is 6.80. The van der Waals surface area contributed by atoms with Crippen molar-refractivity contribution in [1.82, 2.24) is 24.5 Å². The molecule has 0 N–H and O–H groups in total. The minimum atomic E-state index is -4.77. The van der Waals surface area contributed by atoms with Gasteiger partial charge in [0.05, 0.1) is 12.2 Å². The van der Waals surface area contributed by atoms with Crippen molar-refractivity contribution in [3.05, 3.63) is 76.8 Å². The molecular weight excluding hydrogens is 375 g/mol. The number of hydrogen-bond donors (Lipinski definition) is 0. The van der Waals surface area contributed by atoms with Crippen LogP contribution in [-0.4, -0.2) is 30.9 Å². The van der Waals surface area contributed by atoms with E-state index in [1.165, 1.54) is 27.7 Å². The molecule has 7 nitrogen and oxygen atoms in total. The van der Waals surface area contributed by atoms with Gasteiger partial charge < -0.3 is 4.74 Å². The van der Waals surface area contributed by atoms with Gasteiger partial charge in [-0.1, -0.05) is 35.5 Å². The first-order chi connectivity index (χ1) is 13.4. The molecule has 2 aromatic carbocycles. The first-order valence-corrected chi connectivity index (χ1v) is 8.12. The predicted octanol–water partition coefficient (Wildman–Crippen LogP) is 2.92. The highest BCUT2D eigenvalue weighted by Crippen LogP contribution is 2.24. The molecule has 0 atom stereocenters. The summed E-state index contributed by atoms with van der Waals surface area (Å²) in [6.45, 7) is 0.332. The molecule has 4 rings (SSSR count). The molecule has 0 amide bonds. The van der Waals surface area contributed by atoms with Crippen molar-refractivity contribution in [3.8, 4) is 11.4 Å². The van der Waals surface area contributed by atoms with Gasteiger partial charge >= 0.3 is 6.36 Å². The Balaban J connectivity index is 1.66. The van der Waals surface area contributed by atoms with Crippen molar-refractivity contribution < 1.29 is 17.9 Å². The number of aromatic nitrogens is 5. The molecule has 2 aromatic heterocycles. The average molecular weight is 387 g/mol. The molecule has 0 aliphatic carbocycles. The molecule has 0 fully saturated rings. The third-order valence-corrected chi connectivity index (χ3v) is 3.94. The molecule has 0 saturated carbocycles. The van der Waals surface area contributed by atoms with Crippen molar-refractivity contribution in [1.29, 1.82) is 0 Å². The number of ether oxygens (including phenoxy) is 1. The molecule has 2 heterocycles. The van der Waals surface area contributed by atoms with Crippen LogP contribution in [0.1, 0.15) is 5.56 Å². The van der Waals surface area contributed by atoms with Gasteiger partial charge in [-0.15, -0.1) is 18.3 Å². The summed E-state index contributed by atoms with van der Waals surface area (Å²) in [5.74, 6) is -0.362. The Bertz CT molecular complexity index is 1170. The van der Waals surface area contributed by atoms with Crippen LogP contribution < -0.4 is 10.3 Å². The zero-order valence-corrected chi connectivity index (χ0v) is 14.2. The fourth-order valence-electron chi connectivity index (χ4n) is 2.70. The first-order valence-electron chi connectivity index (χ1n) is 8.12. The lowest BCUT2D eigenvalue weighted by Crippen LogP contribution is -2.21. The normalized spacial score (nSPS) is 11.7. The molecular formula is C18H12F3N5O2. The van der Waals surface area contributed by atoms with E-state index in [2.05, 4.69) is 20.0 Å². The quantitative estimate of drug-likeness (QED) is 0.538. The summed E-state index contributed by atoms with van der Waals surface area (Å²) in [5.41, 5.74) is 1.23. The maximum atomic E-state index is 12.7. The molecule has 0 bridgehead atoms. The zero-order valence-electron chi connectivity index (χ0n) is 14.2. The second-order valence-corrected chi connectivity index (χ2v) is 5.88. The lowest BCUT2D eigenvalue weighted by atomic mass is 10.2. The highest BCUT2D eigenvalue weighted by atomic mass is 19.4. The van der Waals surface area contributed by atoms with Crippen LogP contribution >= 0.6 is 0 Å². The molecule has 0 radical (unpaired) electrons. The largest absolute Gasteiger partial charge is 0.573 e. The van der Waals surface area contributed by atoms with Crippen LogP contribution in [0.25, 0.3) is 16.9 Å². The lowest BCUT2D eigenvalue weighted by molar-refractivity contribution is -0.274. The van der Waals surface area contributed by atoms with E-state index in [1.807, 2.05) is 30.3 Å². The van der Waals surface area contributed by atoms with E-state index in [-0.39, 0.29) is 22.5 Å². The number of halogens is 3. The van der Waals surface area contributed by atoms with Gasteiger partial charge in [0.15, 0.2) is 11.2 Å². The highest BCUT2D eigenvalue weighted by Gasteiger charge is 2.31. The van der Waals surface area contributed by atoms with E-state index in [4.69, 9.17) is 0 Å². The third kappa shape index (κ3) is 3.56. The van der Waals surface area contributed by atoms with Gasteiger partial charge in [-0.25, -0.2) is 4.98 Å². The summed E-state index contributed by atoms with van der Waals surface area (Å²) >= 11 is 0. The number of fused-ring (bicyclic) bond motifs is 1. The molecule has 0 aliphatic heterocycles. The zero-order chi connectivity index (χ0) is 19.7. The van der Waals surface area contributed by atoms with Crippen molar-refractivity contribution in [2.24, 2.45) is 0 Å². The predicted molar refractivity (Wildman–Crippen MR) is 93.1 cm³/mol. The maximum Gasteiger partial charge on any atom is 0.573 e. The Labute approximate surface area is 155 Å². The topological polar surface area (TPSA) is 74.8 Å². The Morgan fingerprint density at radius 3 is 2.39 bits per heavy atom. The number of alkyl halides is 3. The van der Waals surface area contributed by atoms with Crippen LogP contribution in [0.15, 0.2) is 65.7 Å². The van der Waals surface area contributed by atoms with Crippen LogP contribution in [0.3, 0.4) is 0 Å². The molecule has 0 spiro atoms. The summed E-state index contributed by atoms with van der Waals surface area (Å²) < 4.78 is 43.3. The van der Waals surface area contributed by atoms with Crippen molar-refractivity contribution in [3.63, 3.8) is 0 Å². The number of benzene rings is 2. The van der Waals surface area contributed by atoms with Crippen LogP contribution in [0.5, 0.6) is 5.75 Å². The Morgan fingerprint density at radius 1 is 1.00 bits per heavy atom. The summed E-state index contributed by atoms with van der Waals surface area (Å²) in [6.07, 6.45) is -3.38. The SMILES string of the molecule is O=c1c2nnn(-c3ccc(OC(F)(F)F)cc3)c2ncn1Cc1ccccc1. The molecule has 4 aromatic rings. The third-order valence-electron chi connectivity index (χ3n) is 3.94. The van der Waals surface area contributed by atoms with Gasteiger partial charge in [0.1, 0.15) is 12.1 Å². The van der Waals surface area contributed by atoms with Gasteiger partial charge in [-0.2, -0.15) is 4.68 Å². The standard InChI is InChI=1S/C18H12F3N5O2/c19-18(20,21)28-14-8-6-13(7-9-14)26-16-15(23-24-26)17(27)25(11-22-16)10-12-4-2-1-3-5-12/h1-9,11H,10H2. The van der Waals surface area contributed by atoms with Crippen molar-refractivity contribution in [2.75, 3.05) is 0 Å². The Hall–Kier alpha value is -3.69. The smallest absolute Gasteiger partial charge is 0.406 e. The van der Waals surface area contributed by atoms with E-state index in [9.17, 15) is 18.0 Å². The molecule has 28 heavy (non-hydrogen) atoms. The Kier molecular flexibility index (Phi) is 4.30. The molecule has 10 heteroatoms. The van der Waals surface area contributed by atoms with Crippen LogP contribution in [0.4, 0.5) is 13.2 Å². The second-order valence-electron chi connectivity index (χ2n) is 5.88.